The van der Waals surface area contributed by atoms with Crippen LogP contribution in [0.2, 0.25) is 0 Å². The van der Waals surface area contributed by atoms with Gasteiger partial charge in [0.1, 0.15) is 5.75 Å². The molecule has 1 atom stereocenters. The van der Waals surface area contributed by atoms with Crippen LogP contribution < -0.4 is 15.4 Å². The number of ether oxygens (including phenoxy) is 1. The van der Waals surface area contributed by atoms with Gasteiger partial charge in [-0.2, -0.15) is 0 Å². The van der Waals surface area contributed by atoms with E-state index in [1.807, 2.05) is 0 Å². The molecular formula is C10H9F3N2O2. The standard InChI is InChI=1S/C10H9F3N2O2/c11-10(12,13)17-7-3-1-6(2-4-7)8-5-14-9(16)15-8/h1-4,8H,5H2,(H2,14,15,16)/t8-/m0/s1. The third kappa shape index (κ3) is 3.02. The van der Waals surface area contributed by atoms with Crippen molar-refractivity contribution in [1.29, 1.82) is 0 Å². The molecule has 0 radical (unpaired) electrons. The predicted molar refractivity (Wildman–Crippen MR) is 52.4 cm³/mol. The Morgan fingerprint density at radius 3 is 2.35 bits per heavy atom. The summed E-state index contributed by atoms with van der Waals surface area (Å²) in [7, 11) is 0. The predicted octanol–water partition coefficient (Wildman–Crippen LogP) is 1.94. The average molecular weight is 246 g/mol. The first-order valence-corrected chi connectivity index (χ1v) is 4.84. The Morgan fingerprint density at radius 2 is 1.88 bits per heavy atom. The van der Waals surface area contributed by atoms with Crippen LogP contribution in [0, 0.1) is 0 Å². The number of halogens is 3. The Kier molecular flexibility index (Phi) is 2.83. The molecule has 1 aliphatic rings. The summed E-state index contributed by atoms with van der Waals surface area (Å²) in [6.07, 6.45) is -4.69. The Labute approximate surface area is 94.8 Å². The zero-order valence-electron chi connectivity index (χ0n) is 8.54. The molecule has 1 aromatic carbocycles. The van der Waals surface area contributed by atoms with E-state index in [2.05, 4.69) is 15.4 Å². The maximum atomic E-state index is 11.9. The van der Waals surface area contributed by atoms with Crippen LogP contribution in [-0.4, -0.2) is 18.9 Å². The molecular weight excluding hydrogens is 237 g/mol. The van der Waals surface area contributed by atoms with Crippen LogP contribution in [0.5, 0.6) is 5.75 Å². The lowest BCUT2D eigenvalue weighted by atomic mass is 10.1. The summed E-state index contributed by atoms with van der Waals surface area (Å²) in [5, 5.41) is 5.18. The number of hydrogen-bond donors (Lipinski definition) is 2. The molecule has 17 heavy (non-hydrogen) atoms. The third-order valence-corrected chi connectivity index (χ3v) is 2.29. The smallest absolute Gasteiger partial charge is 0.406 e. The van der Waals surface area contributed by atoms with E-state index in [4.69, 9.17) is 0 Å². The summed E-state index contributed by atoms with van der Waals surface area (Å²) >= 11 is 0. The van der Waals surface area contributed by atoms with E-state index in [1.165, 1.54) is 24.3 Å². The summed E-state index contributed by atoms with van der Waals surface area (Å²) in [6.45, 7) is 0.415. The van der Waals surface area contributed by atoms with E-state index in [0.29, 0.717) is 6.54 Å². The van der Waals surface area contributed by atoms with Crippen LogP contribution in [0.4, 0.5) is 18.0 Å². The molecule has 92 valence electrons. The zero-order valence-corrected chi connectivity index (χ0v) is 8.54. The van der Waals surface area contributed by atoms with Gasteiger partial charge in [0.15, 0.2) is 0 Å². The quantitative estimate of drug-likeness (QED) is 0.837. The minimum atomic E-state index is -4.69. The molecule has 2 N–H and O–H groups in total. The van der Waals surface area contributed by atoms with Gasteiger partial charge >= 0.3 is 12.4 Å². The van der Waals surface area contributed by atoms with Gasteiger partial charge in [-0.05, 0) is 17.7 Å². The van der Waals surface area contributed by atoms with E-state index in [0.717, 1.165) is 5.56 Å². The van der Waals surface area contributed by atoms with Crippen molar-refractivity contribution in [2.75, 3.05) is 6.54 Å². The number of nitrogens with one attached hydrogen (secondary N) is 2. The monoisotopic (exact) mass is 246 g/mol. The molecule has 4 nitrogen and oxygen atoms in total. The summed E-state index contributed by atoms with van der Waals surface area (Å²) in [6, 6.07) is 4.89. The second kappa shape index (κ2) is 4.15. The van der Waals surface area contributed by atoms with E-state index in [9.17, 15) is 18.0 Å². The van der Waals surface area contributed by atoms with Gasteiger partial charge in [0.2, 0.25) is 0 Å². The van der Waals surface area contributed by atoms with E-state index in [1.54, 1.807) is 0 Å². The number of urea groups is 1. The van der Waals surface area contributed by atoms with Gasteiger partial charge in [-0.25, -0.2) is 4.79 Å². The molecule has 0 aliphatic carbocycles. The molecule has 2 rings (SSSR count). The third-order valence-electron chi connectivity index (χ3n) is 2.29. The second-order valence-corrected chi connectivity index (χ2v) is 3.52. The largest absolute Gasteiger partial charge is 0.573 e. The van der Waals surface area contributed by atoms with Crippen LogP contribution in [0.25, 0.3) is 0 Å². The molecule has 1 aromatic rings. The topological polar surface area (TPSA) is 50.4 Å². The Balaban J connectivity index is 2.05. The molecule has 1 fully saturated rings. The first-order chi connectivity index (χ1) is 7.94. The number of rotatable bonds is 2. The first-order valence-electron chi connectivity index (χ1n) is 4.84. The SMILES string of the molecule is O=C1NC[C@@H](c2ccc(OC(F)(F)F)cc2)N1. The highest BCUT2D eigenvalue weighted by molar-refractivity contribution is 5.76. The zero-order chi connectivity index (χ0) is 12.5. The van der Waals surface area contributed by atoms with Gasteiger partial charge in [0.05, 0.1) is 6.04 Å². The van der Waals surface area contributed by atoms with Crippen LogP contribution >= 0.6 is 0 Å². The summed E-state index contributed by atoms with van der Waals surface area (Å²) < 4.78 is 39.5. The van der Waals surface area contributed by atoms with Crippen molar-refractivity contribution in [1.82, 2.24) is 10.6 Å². The highest BCUT2D eigenvalue weighted by atomic mass is 19.4. The first kappa shape index (κ1) is 11.6. The number of hydrogen-bond acceptors (Lipinski definition) is 2. The van der Waals surface area contributed by atoms with Gasteiger partial charge in [-0.15, -0.1) is 13.2 Å². The van der Waals surface area contributed by atoms with Crippen LogP contribution in [0.1, 0.15) is 11.6 Å². The number of amides is 2. The van der Waals surface area contributed by atoms with Gasteiger partial charge in [-0.1, -0.05) is 12.1 Å². The highest BCUT2D eigenvalue weighted by Gasteiger charge is 2.31. The molecule has 2 amide bonds. The summed E-state index contributed by atoms with van der Waals surface area (Å²) in [5.74, 6) is -0.279. The maximum absolute atomic E-state index is 11.9. The van der Waals surface area contributed by atoms with Gasteiger partial charge in [0, 0.05) is 6.54 Å². The van der Waals surface area contributed by atoms with Crippen molar-refractivity contribution in [2.45, 2.75) is 12.4 Å². The normalized spacial score (nSPS) is 19.7. The Bertz CT molecular complexity index is 417. The van der Waals surface area contributed by atoms with Crippen molar-refractivity contribution in [3.8, 4) is 5.75 Å². The van der Waals surface area contributed by atoms with Crippen LogP contribution in [0.3, 0.4) is 0 Å². The molecule has 1 aliphatic heterocycles. The maximum Gasteiger partial charge on any atom is 0.573 e. The number of carbonyl (C=O) groups is 1. The lowest BCUT2D eigenvalue weighted by molar-refractivity contribution is -0.274. The molecule has 7 heteroatoms. The number of benzene rings is 1. The summed E-state index contributed by atoms with van der Waals surface area (Å²) in [4.78, 5) is 10.9. The van der Waals surface area contributed by atoms with Crippen molar-refractivity contribution in [3.05, 3.63) is 29.8 Å². The summed E-state index contributed by atoms with van der Waals surface area (Å²) in [5.41, 5.74) is 0.720. The fraction of sp³-hybridized carbons (Fsp3) is 0.300. The molecule has 0 saturated carbocycles. The van der Waals surface area contributed by atoms with E-state index in [-0.39, 0.29) is 17.8 Å². The Morgan fingerprint density at radius 1 is 1.24 bits per heavy atom. The van der Waals surface area contributed by atoms with Gasteiger partial charge in [0.25, 0.3) is 0 Å². The highest BCUT2D eigenvalue weighted by Crippen LogP contribution is 2.24. The number of alkyl halides is 3. The fourth-order valence-corrected chi connectivity index (χ4v) is 1.56. The fourth-order valence-electron chi connectivity index (χ4n) is 1.56. The van der Waals surface area contributed by atoms with Crippen LogP contribution in [-0.2, 0) is 0 Å². The van der Waals surface area contributed by atoms with Crippen LogP contribution in [0.15, 0.2) is 24.3 Å². The Hall–Kier alpha value is -1.92. The van der Waals surface area contributed by atoms with E-state index >= 15 is 0 Å². The minimum Gasteiger partial charge on any atom is -0.406 e. The molecule has 0 bridgehead atoms. The lowest BCUT2D eigenvalue weighted by Crippen LogP contribution is -2.21. The molecule has 0 spiro atoms. The van der Waals surface area contributed by atoms with Crippen molar-refractivity contribution >= 4 is 6.03 Å². The van der Waals surface area contributed by atoms with Crippen molar-refractivity contribution < 1.29 is 22.7 Å². The van der Waals surface area contributed by atoms with Crippen molar-refractivity contribution in [3.63, 3.8) is 0 Å². The number of carbonyl (C=O) groups excluding carboxylic acids is 1. The molecule has 0 unspecified atom stereocenters. The molecule has 0 aromatic heterocycles. The molecule has 1 saturated heterocycles. The lowest BCUT2D eigenvalue weighted by Gasteiger charge is -2.11. The second-order valence-electron chi connectivity index (χ2n) is 3.52. The van der Waals surface area contributed by atoms with Crippen molar-refractivity contribution in [2.24, 2.45) is 0 Å². The molecule has 1 heterocycles. The van der Waals surface area contributed by atoms with E-state index < -0.39 is 6.36 Å². The van der Waals surface area contributed by atoms with Gasteiger partial charge in [-0.3, -0.25) is 0 Å². The minimum absolute atomic E-state index is 0.220. The van der Waals surface area contributed by atoms with Gasteiger partial charge < -0.3 is 15.4 Å². The average Bonchev–Trinajstić information content (AvgIpc) is 2.63.